The maximum atomic E-state index is 5.78. The van der Waals surface area contributed by atoms with Crippen molar-refractivity contribution in [2.24, 2.45) is 11.1 Å². The second-order valence-corrected chi connectivity index (χ2v) is 5.50. The van der Waals surface area contributed by atoms with E-state index in [1.165, 1.54) is 5.56 Å². The molecule has 0 radical (unpaired) electrons. The van der Waals surface area contributed by atoms with Gasteiger partial charge in [0.1, 0.15) is 0 Å². The number of hydrogen-bond donors (Lipinski definition) is 0. The summed E-state index contributed by atoms with van der Waals surface area (Å²) >= 11 is 0. The van der Waals surface area contributed by atoms with E-state index in [4.69, 9.17) is 9.57 Å². The fourth-order valence-electron chi connectivity index (χ4n) is 3.01. The number of hydrogen-bond acceptors (Lipinski definition) is 3. The molecule has 0 aliphatic carbocycles. The van der Waals surface area contributed by atoms with Crippen LogP contribution < -0.4 is 0 Å². The van der Waals surface area contributed by atoms with Gasteiger partial charge in [-0.15, -0.1) is 0 Å². The molecule has 3 atom stereocenters. The Morgan fingerprint density at radius 2 is 1.64 bits per heavy atom. The zero-order valence-corrected chi connectivity index (χ0v) is 13.0. The lowest BCUT2D eigenvalue weighted by Gasteiger charge is -2.34. The first-order valence-corrected chi connectivity index (χ1v) is 7.77. The summed E-state index contributed by atoms with van der Waals surface area (Å²) in [5, 5.41) is 4.35. The number of rotatable bonds is 4. The van der Waals surface area contributed by atoms with Crippen molar-refractivity contribution in [1.82, 2.24) is 0 Å². The minimum atomic E-state index is -0.338. The molecule has 1 aliphatic rings. The molecule has 0 bridgehead atoms. The number of ether oxygens (including phenoxy) is 1. The predicted molar refractivity (Wildman–Crippen MR) is 87.8 cm³/mol. The van der Waals surface area contributed by atoms with Gasteiger partial charge in [0.25, 0.3) is 0 Å². The maximum absolute atomic E-state index is 5.78. The highest BCUT2D eigenvalue weighted by Crippen LogP contribution is 2.36. The smallest absolute Gasteiger partial charge is 0.234 e. The van der Waals surface area contributed by atoms with Gasteiger partial charge in [-0.05, 0) is 18.1 Å². The van der Waals surface area contributed by atoms with Crippen molar-refractivity contribution in [3.05, 3.63) is 71.8 Å². The second kappa shape index (κ2) is 6.75. The van der Waals surface area contributed by atoms with Gasteiger partial charge in [0, 0.05) is 12.5 Å². The molecule has 2 aromatic rings. The molecule has 1 heterocycles. The van der Waals surface area contributed by atoms with Crippen LogP contribution in [0.1, 0.15) is 30.9 Å². The van der Waals surface area contributed by atoms with Crippen molar-refractivity contribution in [2.75, 3.05) is 6.61 Å². The zero-order chi connectivity index (χ0) is 15.4. The largest absolute Gasteiger partial charge is 0.363 e. The normalized spacial score (nSPS) is 24.5. The van der Waals surface area contributed by atoms with Crippen LogP contribution in [0.15, 0.2) is 65.8 Å². The van der Waals surface area contributed by atoms with Gasteiger partial charge in [-0.1, -0.05) is 72.7 Å². The fourth-order valence-corrected chi connectivity index (χ4v) is 3.01. The van der Waals surface area contributed by atoms with Crippen molar-refractivity contribution < 1.29 is 9.57 Å². The van der Waals surface area contributed by atoms with Crippen LogP contribution in [0.5, 0.6) is 0 Å². The average Bonchev–Trinajstić information content (AvgIpc) is 2.57. The van der Waals surface area contributed by atoms with Gasteiger partial charge >= 0.3 is 0 Å². The van der Waals surface area contributed by atoms with Crippen molar-refractivity contribution >= 4 is 5.71 Å². The van der Waals surface area contributed by atoms with Crippen molar-refractivity contribution in [3.8, 4) is 0 Å². The van der Waals surface area contributed by atoms with E-state index in [0.717, 1.165) is 11.3 Å². The maximum Gasteiger partial charge on any atom is 0.234 e. The van der Waals surface area contributed by atoms with Crippen LogP contribution >= 0.6 is 0 Å². The Balaban J connectivity index is 1.97. The van der Waals surface area contributed by atoms with Gasteiger partial charge in [0.2, 0.25) is 6.29 Å². The van der Waals surface area contributed by atoms with Gasteiger partial charge in [-0.3, -0.25) is 0 Å². The molecule has 1 aliphatic heterocycles. The minimum absolute atomic E-state index is 0.133. The van der Waals surface area contributed by atoms with Gasteiger partial charge in [-0.25, -0.2) is 0 Å². The summed E-state index contributed by atoms with van der Waals surface area (Å²) < 4.78 is 5.78. The molecule has 0 N–H and O–H groups in total. The topological polar surface area (TPSA) is 30.8 Å². The van der Waals surface area contributed by atoms with Crippen LogP contribution in [-0.2, 0) is 9.57 Å². The van der Waals surface area contributed by atoms with Gasteiger partial charge in [-0.2, -0.15) is 0 Å². The molecule has 0 unspecified atom stereocenters. The van der Waals surface area contributed by atoms with Crippen LogP contribution in [0.2, 0.25) is 0 Å². The van der Waals surface area contributed by atoms with E-state index in [1.807, 2.05) is 31.2 Å². The summed E-state index contributed by atoms with van der Waals surface area (Å²) in [7, 11) is 0. The molecule has 0 spiro atoms. The lowest BCUT2D eigenvalue weighted by atomic mass is 9.81. The zero-order valence-electron chi connectivity index (χ0n) is 13.0. The van der Waals surface area contributed by atoms with Crippen LogP contribution in [0.4, 0.5) is 0 Å². The highest BCUT2D eigenvalue weighted by atomic mass is 16.8. The first-order valence-electron chi connectivity index (χ1n) is 7.77. The molecular formula is C19H21NO2. The van der Waals surface area contributed by atoms with Crippen LogP contribution in [0.3, 0.4) is 0 Å². The Morgan fingerprint density at radius 3 is 2.27 bits per heavy atom. The Hall–Kier alpha value is -2.13. The van der Waals surface area contributed by atoms with Crippen molar-refractivity contribution in [1.29, 1.82) is 0 Å². The Morgan fingerprint density at radius 1 is 1.00 bits per heavy atom. The van der Waals surface area contributed by atoms with E-state index < -0.39 is 0 Å². The van der Waals surface area contributed by atoms with E-state index in [9.17, 15) is 0 Å². The summed E-state index contributed by atoms with van der Waals surface area (Å²) in [5.74, 6) is 0.351. The third-order valence-corrected chi connectivity index (χ3v) is 4.10. The Labute approximate surface area is 131 Å². The van der Waals surface area contributed by atoms with Gasteiger partial charge in [0.05, 0.1) is 11.6 Å². The molecule has 114 valence electrons. The minimum Gasteiger partial charge on any atom is -0.363 e. The quantitative estimate of drug-likeness (QED) is 0.846. The molecule has 3 heteroatoms. The molecule has 3 rings (SSSR count). The van der Waals surface area contributed by atoms with E-state index in [0.29, 0.717) is 6.61 Å². The first kappa shape index (κ1) is 14.8. The monoisotopic (exact) mass is 295 g/mol. The molecular weight excluding hydrogens is 274 g/mol. The van der Waals surface area contributed by atoms with Gasteiger partial charge < -0.3 is 9.57 Å². The molecule has 2 aromatic carbocycles. The van der Waals surface area contributed by atoms with E-state index in [1.54, 1.807) is 0 Å². The molecule has 3 nitrogen and oxygen atoms in total. The summed E-state index contributed by atoms with van der Waals surface area (Å²) in [4.78, 5) is 5.69. The van der Waals surface area contributed by atoms with Crippen molar-refractivity contribution in [3.63, 3.8) is 0 Å². The lowest BCUT2D eigenvalue weighted by molar-refractivity contribution is -0.165. The third-order valence-electron chi connectivity index (χ3n) is 4.10. The van der Waals surface area contributed by atoms with Crippen LogP contribution in [-0.4, -0.2) is 18.6 Å². The number of nitrogens with zero attached hydrogens (tertiary/aromatic N) is 1. The standard InChI is InChI=1S/C19H21NO2/c1-3-21-19-17(15-10-6-4-7-11-15)14(2)18(20-22-19)16-12-8-5-9-13-16/h4-14,17,19H,3H2,1-2H3/t14-,17+,19-/m1/s1. The molecule has 0 amide bonds. The SMILES string of the molecule is CCO[C@@H]1ON=C(c2ccccc2)[C@H](C)[C@H]1c1ccccc1. The molecule has 0 saturated heterocycles. The third kappa shape index (κ3) is 2.90. The van der Waals surface area contributed by atoms with E-state index >= 15 is 0 Å². The second-order valence-electron chi connectivity index (χ2n) is 5.50. The Kier molecular flexibility index (Phi) is 4.54. The Bertz CT molecular complexity index is 624. The summed E-state index contributed by atoms with van der Waals surface area (Å²) in [5.41, 5.74) is 3.30. The van der Waals surface area contributed by atoms with E-state index in [-0.39, 0.29) is 18.1 Å². The lowest BCUT2D eigenvalue weighted by Crippen LogP contribution is -2.37. The van der Waals surface area contributed by atoms with Crippen LogP contribution in [0, 0.1) is 5.92 Å². The highest BCUT2D eigenvalue weighted by Gasteiger charge is 2.37. The summed E-state index contributed by atoms with van der Waals surface area (Å²) in [6.07, 6.45) is -0.338. The average molecular weight is 295 g/mol. The summed E-state index contributed by atoms with van der Waals surface area (Å²) in [6, 6.07) is 20.6. The molecule has 0 aromatic heterocycles. The number of benzene rings is 2. The van der Waals surface area contributed by atoms with Crippen molar-refractivity contribution in [2.45, 2.75) is 26.1 Å². The number of oxime groups is 1. The molecule has 22 heavy (non-hydrogen) atoms. The first-order chi connectivity index (χ1) is 10.8. The van der Waals surface area contributed by atoms with Crippen LogP contribution in [0.25, 0.3) is 0 Å². The molecule has 0 fully saturated rings. The molecule has 0 saturated carbocycles. The highest BCUT2D eigenvalue weighted by molar-refractivity contribution is 6.02. The predicted octanol–water partition coefficient (Wildman–Crippen LogP) is 4.20. The summed E-state index contributed by atoms with van der Waals surface area (Å²) in [6.45, 7) is 4.78. The van der Waals surface area contributed by atoms with E-state index in [2.05, 4.69) is 48.5 Å². The fraction of sp³-hybridized carbons (Fsp3) is 0.316. The van der Waals surface area contributed by atoms with Gasteiger partial charge in [0.15, 0.2) is 0 Å².